The molecule has 0 aliphatic carbocycles. The number of carbonyl (C=O) groups excluding carboxylic acids is 1. The summed E-state index contributed by atoms with van der Waals surface area (Å²) >= 11 is 0. The Morgan fingerprint density at radius 2 is 2.25 bits per heavy atom. The van der Waals surface area contributed by atoms with Gasteiger partial charge >= 0.3 is 6.09 Å². The minimum absolute atomic E-state index is 0.0409. The zero-order valence-electron chi connectivity index (χ0n) is 10.9. The lowest BCUT2D eigenvalue weighted by Gasteiger charge is -2.27. The Labute approximate surface area is 98.5 Å². The van der Waals surface area contributed by atoms with E-state index in [0.29, 0.717) is 6.04 Å². The summed E-state index contributed by atoms with van der Waals surface area (Å²) in [5.41, 5.74) is 0. The number of likely N-dealkylation sites (tertiary alicyclic amines) is 1. The maximum absolute atomic E-state index is 11.6. The zero-order chi connectivity index (χ0) is 12.1. The van der Waals surface area contributed by atoms with E-state index in [9.17, 15) is 4.79 Å². The molecule has 4 heteroatoms. The van der Waals surface area contributed by atoms with Gasteiger partial charge in [0.25, 0.3) is 0 Å². The number of carbonyl (C=O) groups is 1. The van der Waals surface area contributed by atoms with Crippen molar-refractivity contribution in [1.29, 1.82) is 0 Å². The van der Waals surface area contributed by atoms with E-state index in [1.807, 2.05) is 20.9 Å². The molecular weight excluding hydrogens is 204 g/mol. The molecule has 1 aliphatic rings. The molecule has 1 fully saturated rings. The Bertz CT molecular complexity index is 231. The fourth-order valence-electron chi connectivity index (χ4n) is 2.20. The minimum Gasteiger partial charge on any atom is -0.447 e. The fourth-order valence-corrected chi connectivity index (χ4v) is 2.20. The molecule has 1 atom stereocenters. The van der Waals surface area contributed by atoms with Crippen molar-refractivity contribution in [2.45, 2.75) is 45.8 Å². The third-order valence-corrected chi connectivity index (χ3v) is 3.04. The lowest BCUT2D eigenvalue weighted by molar-refractivity contribution is 0.0765. The first-order valence-corrected chi connectivity index (χ1v) is 6.20. The van der Waals surface area contributed by atoms with E-state index < -0.39 is 0 Å². The first kappa shape index (κ1) is 13.3. The number of rotatable bonds is 4. The molecule has 94 valence electrons. The van der Waals surface area contributed by atoms with Crippen molar-refractivity contribution in [1.82, 2.24) is 9.80 Å². The number of likely N-dealkylation sites (N-methyl/N-ethyl adjacent to an activating group) is 2. The largest absolute Gasteiger partial charge is 0.447 e. The summed E-state index contributed by atoms with van der Waals surface area (Å²) in [7, 11) is 1.82. The van der Waals surface area contributed by atoms with Gasteiger partial charge in [-0.1, -0.05) is 6.92 Å². The van der Waals surface area contributed by atoms with E-state index in [1.54, 1.807) is 4.90 Å². The van der Waals surface area contributed by atoms with Crippen LogP contribution in [0, 0.1) is 0 Å². The van der Waals surface area contributed by atoms with Crippen molar-refractivity contribution in [2.24, 2.45) is 0 Å². The van der Waals surface area contributed by atoms with Gasteiger partial charge in [0.2, 0.25) is 0 Å². The molecule has 1 unspecified atom stereocenters. The van der Waals surface area contributed by atoms with Gasteiger partial charge in [0, 0.05) is 19.6 Å². The van der Waals surface area contributed by atoms with Gasteiger partial charge in [0.15, 0.2) is 0 Å². The van der Waals surface area contributed by atoms with Crippen LogP contribution < -0.4 is 0 Å². The van der Waals surface area contributed by atoms with E-state index in [2.05, 4.69) is 11.8 Å². The monoisotopic (exact) mass is 228 g/mol. The SMILES string of the molecule is CCN1CCCC1CN(C)C(=O)OC(C)C. The van der Waals surface area contributed by atoms with Gasteiger partial charge in [-0.05, 0) is 39.8 Å². The number of amides is 1. The molecule has 0 aromatic heterocycles. The Balaban J connectivity index is 2.38. The van der Waals surface area contributed by atoms with Crippen LogP contribution >= 0.6 is 0 Å². The number of nitrogens with zero attached hydrogens (tertiary/aromatic N) is 2. The van der Waals surface area contributed by atoms with Gasteiger partial charge in [0.1, 0.15) is 0 Å². The maximum Gasteiger partial charge on any atom is 0.409 e. The van der Waals surface area contributed by atoms with Gasteiger partial charge in [-0.15, -0.1) is 0 Å². The molecule has 0 N–H and O–H groups in total. The van der Waals surface area contributed by atoms with Gasteiger partial charge in [0.05, 0.1) is 6.10 Å². The summed E-state index contributed by atoms with van der Waals surface area (Å²) in [6, 6.07) is 0.509. The van der Waals surface area contributed by atoms with Gasteiger partial charge in [-0.3, -0.25) is 4.90 Å². The molecule has 1 saturated heterocycles. The summed E-state index contributed by atoms with van der Waals surface area (Å²) in [5.74, 6) is 0. The second-order valence-electron chi connectivity index (χ2n) is 4.74. The van der Waals surface area contributed by atoms with Crippen LogP contribution in [0.2, 0.25) is 0 Å². The van der Waals surface area contributed by atoms with Gasteiger partial charge in [-0.25, -0.2) is 4.79 Å². The molecule has 1 amide bonds. The number of hydrogen-bond donors (Lipinski definition) is 0. The minimum atomic E-state index is -0.210. The van der Waals surface area contributed by atoms with Crippen LogP contribution in [-0.4, -0.2) is 54.7 Å². The van der Waals surface area contributed by atoms with Crippen LogP contribution in [0.4, 0.5) is 4.79 Å². The quantitative estimate of drug-likeness (QED) is 0.737. The molecule has 4 nitrogen and oxygen atoms in total. The number of hydrogen-bond acceptors (Lipinski definition) is 3. The predicted octanol–water partition coefficient (Wildman–Crippen LogP) is 1.95. The van der Waals surface area contributed by atoms with Crippen molar-refractivity contribution < 1.29 is 9.53 Å². The molecule has 1 rings (SSSR count). The predicted molar refractivity (Wildman–Crippen MR) is 64.5 cm³/mol. The lowest BCUT2D eigenvalue weighted by Crippen LogP contribution is -2.41. The van der Waals surface area contributed by atoms with Crippen LogP contribution in [0.5, 0.6) is 0 Å². The van der Waals surface area contributed by atoms with Crippen molar-refractivity contribution in [2.75, 3.05) is 26.7 Å². The number of ether oxygens (including phenoxy) is 1. The molecule has 0 aromatic carbocycles. The Kier molecular flexibility index (Phi) is 5.06. The second kappa shape index (κ2) is 6.09. The summed E-state index contributed by atoms with van der Waals surface area (Å²) in [4.78, 5) is 15.7. The van der Waals surface area contributed by atoms with Gasteiger partial charge in [-0.2, -0.15) is 0 Å². The van der Waals surface area contributed by atoms with Crippen molar-refractivity contribution in [3.63, 3.8) is 0 Å². The molecule has 0 aromatic rings. The van der Waals surface area contributed by atoms with Crippen LogP contribution in [0.3, 0.4) is 0 Å². The average Bonchev–Trinajstić information content (AvgIpc) is 2.64. The van der Waals surface area contributed by atoms with E-state index in [0.717, 1.165) is 19.6 Å². The van der Waals surface area contributed by atoms with Gasteiger partial charge < -0.3 is 9.64 Å². The van der Waals surface area contributed by atoms with Crippen LogP contribution in [-0.2, 0) is 4.74 Å². The smallest absolute Gasteiger partial charge is 0.409 e. The highest BCUT2D eigenvalue weighted by molar-refractivity contribution is 5.67. The Morgan fingerprint density at radius 1 is 1.56 bits per heavy atom. The standard InChI is InChI=1S/C12H24N2O2/c1-5-14-8-6-7-11(14)9-13(4)12(15)16-10(2)3/h10-11H,5-9H2,1-4H3. The normalized spacial score (nSPS) is 21.4. The third-order valence-electron chi connectivity index (χ3n) is 3.04. The summed E-state index contributed by atoms with van der Waals surface area (Å²) < 4.78 is 5.16. The average molecular weight is 228 g/mol. The highest BCUT2D eigenvalue weighted by Crippen LogP contribution is 2.17. The molecule has 1 heterocycles. The first-order chi connectivity index (χ1) is 7.54. The molecule has 0 bridgehead atoms. The first-order valence-electron chi connectivity index (χ1n) is 6.20. The lowest BCUT2D eigenvalue weighted by atomic mass is 10.2. The Hall–Kier alpha value is -0.770. The van der Waals surface area contributed by atoms with Crippen LogP contribution in [0.1, 0.15) is 33.6 Å². The molecule has 16 heavy (non-hydrogen) atoms. The summed E-state index contributed by atoms with van der Waals surface area (Å²) in [5, 5.41) is 0. The summed E-state index contributed by atoms with van der Waals surface area (Å²) in [6.07, 6.45) is 2.18. The topological polar surface area (TPSA) is 32.8 Å². The maximum atomic E-state index is 11.6. The third kappa shape index (κ3) is 3.67. The second-order valence-corrected chi connectivity index (χ2v) is 4.74. The van der Waals surface area contributed by atoms with Crippen molar-refractivity contribution in [3.8, 4) is 0 Å². The highest BCUT2D eigenvalue weighted by atomic mass is 16.6. The highest BCUT2D eigenvalue weighted by Gasteiger charge is 2.26. The van der Waals surface area contributed by atoms with E-state index in [4.69, 9.17) is 4.74 Å². The van der Waals surface area contributed by atoms with Crippen LogP contribution in [0.15, 0.2) is 0 Å². The molecule has 0 radical (unpaired) electrons. The van der Waals surface area contributed by atoms with E-state index in [1.165, 1.54) is 12.8 Å². The molecular formula is C12H24N2O2. The van der Waals surface area contributed by atoms with Crippen LogP contribution in [0.25, 0.3) is 0 Å². The zero-order valence-corrected chi connectivity index (χ0v) is 10.9. The van der Waals surface area contributed by atoms with Crippen molar-refractivity contribution >= 4 is 6.09 Å². The Morgan fingerprint density at radius 3 is 2.81 bits per heavy atom. The fraction of sp³-hybridized carbons (Fsp3) is 0.917. The van der Waals surface area contributed by atoms with E-state index in [-0.39, 0.29) is 12.2 Å². The van der Waals surface area contributed by atoms with E-state index >= 15 is 0 Å². The molecule has 0 spiro atoms. The molecule has 0 saturated carbocycles. The molecule has 1 aliphatic heterocycles. The van der Waals surface area contributed by atoms with Crippen molar-refractivity contribution in [3.05, 3.63) is 0 Å². The summed E-state index contributed by atoms with van der Waals surface area (Å²) in [6.45, 7) is 8.93.